The highest BCUT2D eigenvalue weighted by Gasteiger charge is 2.51. The van der Waals surface area contributed by atoms with E-state index in [4.69, 9.17) is 9.47 Å². The second-order valence-corrected chi connectivity index (χ2v) is 12.2. The maximum Gasteiger partial charge on any atom is 0.238 e. The molecule has 2 fully saturated rings. The molecular weight excluding hydrogens is 609 g/mol. The molecule has 0 saturated carbocycles. The number of benzene rings is 1. The smallest absolute Gasteiger partial charge is 0.238 e. The first-order chi connectivity index (χ1) is 20.9. The van der Waals surface area contributed by atoms with Crippen molar-refractivity contribution in [1.82, 2.24) is 29.4 Å². The number of carbonyl (C=O) groups is 1. The van der Waals surface area contributed by atoms with Crippen LogP contribution in [0.5, 0.6) is 0 Å². The Morgan fingerprint density at radius 2 is 1.86 bits per heavy atom. The van der Waals surface area contributed by atoms with Gasteiger partial charge in [-0.1, -0.05) is 5.21 Å². The van der Waals surface area contributed by atoms with Gasteiger partial charge >= 0.3 is 0 Å². The lowest BCUT2D eigenvalue weighted by Gasteiger charge is -2.45. The number of nitrogens with zero attached hydrogens (tertiary/aromatic N) is 6. The number of imidazole rings is 1. The molecule has 13 nitrogen and oxygen atoms in total. The van der Waals surface area contributed by atoms with Gasteiger partial charge in [0.15, 0.2) is 17.5 Å². The third kappa shape index (κ3) is 6.49. The van der Waals surface area contributed by atoms with Crippen molar-refractivity contribution in [3.8, 4) is 11.3 Å². The van der Waals surface area contributed by atoms with Gasteiger partial charge in [-0.15, -0.1) is 16.9 Å². The quantitative estimate of drug-likeness (QED) is 0.238. The summed E-state index contributed by atoms with van der Waals surface area (Å²) in [7, 11) is 3.35. The highest BCUT2D eigenvalue weighted by atomic mass is 32.2. The SMILES string of the molecule is CN(Cc1cn(C)cn1)C(=O)[C@@H](S[C@@H]1O[C@H](CO)[C@H](O)[C@H](n2cc(-c3cc(F)c(F)c(F)c3)nn2)[C@H]1O)C1(O)CCOCC1. The predicted molar refractivity (Wildman–Crippen MR) is 148 cm³/mol. The van der Waals surface area contributed by atoms with Crippen molar-refractivity contribution in [2.45, 2.75) is 60.0 Å². The first-order valence-corrected chi connectivity index (χ1v) is 14.7. The Labute approximate surface area is 254 Å². The molecule has 1 amide bonds. The third-order valence-electron chi connectivity index (χ3n) is 7.82. The summed E-state index contributed by atoms with van der Waals surface area (Å²) in [6, 6.07) is 0.150. The Morgan fingerprint density at radius 3 is 2.48 bits per heavy atom. The van der Waals surface area contributed by atoms with E-state index in [1.165, 1.54) is 11.1 Å². The fourth-order valence-electron chi connectivity index (χ4n) is 5.36. The minimum atomic E-state index is -1.65. The largest absolute Gasteiger partial charge is 0.394 e. The molecule has 0 spiro atoms. The summed E-state index contributed by atoms with van der Waals surface area (Å²) in [6.45, 7) is -0.129. The summed E-state index contributed by atoms with van der Waals surface area (Å²) in [4.78, 5) is 19.5. The summed E-state index contributed by atoms with van der Waals surface area (Å²) < 4.78 is 55.2. The van der Waals surface area contributed by atoms with Crippen LogP contribution in [-0.4, -0.2) is 117 Å². The van der Waals surface area contributed by atoms with E-state index in [0.717, 1.165) is 28.6 Å². The third-order valence-corrected chi connectivity index (χ3v) is 9.39. The van der Waals surface area contributed by atoms with Crippen molar-refractivity contribution in [3.63, 3.8) is 0 Å². The average molecular weight is 643 g/mol. The number of aromatic nitrogens is 5. The molecule has 44 heavy (non-hydrogen) atoms. The summed E-state index contributed by atoms with van der Waals surface area (Å²) in [5.41, 5.74) is -2.42. The summed E-state index contributed by atoms with van der Waals surface area (Å²) >= 11 is 0.840. The molecule has 17 heteroatoms. The van der Waals surface area contributed by atoms with Crippen LogP contribution in [0.2, 0.25) is 0 Å². The topological polar surface area (TPSA) is 168 Å². The molecule has 4 heterocycles. The number of carbonyl (C=O) groups excluding carboxylic acids is 1. The van der Waals surface area contributed by atoms with E-state index in [1.807, 2.05) is 0 Å². The Balaban J connectivity index is 1.43. The number of aliphatic hydroxyl groups excluding tert-OH is 3. The van der Waals surface area contributed by atoms with Gasteiger partial charge < -0.3 is 39.4 Å². The zero-order valence-corrected chi connectivity index (χ0v) is 24.6. The first-order valence-electron chi connectivity index (χ1n) is 13.8. The number of ether oxygens (including phenoxy) is 2. The predicted octanol–water partition coefficient (Wildman–Crippen LogP) is 0.378. The standard InChI is InChI=1S/C27H33F3N6O7S/c1-34-9-15(31-13-34)10-35(2)25(40)24(27(41)3-5-42-6-4-27)44-26-23(39)21(22(38)19(12-37)43-26)36-11-18(32-33-36)14-7-16(28)20(30)17(29)8-14/h7-9,11,13,19,21-24,26,37-39,41H,3-6,10,12H2,1-2H3/t19-,21+,22+,23-,24-,26+/m1/s1. The van der Waals surface area contributed by atoms with Gasteiger partial charge in [0.05, 0.1) is 37.0 Å². The van der Waals surface area contributed by atoms with Gasteiger partial charge in [-0.25, -0.2) is 22.8 Å². The van der Waals surface area contributed by atoms with Gasteiger partial charge in [-0.2, -0.15) is 0 Å². The van der Waals surface area contributed by atoms with E-state index < -0.39 is 70.6 Å². The average Bonchev–Trinajstić information content (AvgIpc) is 3.64. The maximum atomic E-state index is 13.9. The maximum absolute atomic E-state index is 13.9. The van der Waals surface area contributed by atoms with Crippen molar-refractivity contribution >= 4 is 17.7 Å². The van der Waals surface area contributed by atoms with Gasteiger partial charge in [0.25, 0.3) is 0 Å². The second kappa shape index (κ2) is 13.1. The highest BCUT2D eigenvalue weighted by Crippen LogP contribution is 2.42. The normalized spacial score (nSPS) is 26.0. The second-order valence-electron chi connectivity index (χ2n) is 11.0. The van der Waals surface area contributed by atoms with Crippen molar-refractivity contribution in [2.24, 2.45) is 7.05 Å². The number of thioether (sulfide) groups is 1. The molecule has 2 aliphatic rings. The zero-order valence-electron chi connectivity index (χ0n) is 23.8. The number of aryl methyl sites for hydroxylation is 1. The highest BCUT2D eigenvalue weighted by molar-refractivity contribution is 8.01. The lowest BCUT2D eigenvalue weighted by molar-refractivity contribution is -0.179. The molecule has 2 aliphatic heterocycles. The number of rotatable bonds is 9. The monoisotopic (exact) mass is 642 g/mol. The minimum Gasteiger partial charge on any atom is -0.394 e. The molecule has 0 radical (unpaired) electrons. The molecule has 2 saturated heterocycles. The Hall–Kier alpha value is -3.06. The van der Waals surface area contributed by atoms with Crippen LogP contribution in [0.25, 0.3) is 11.3 Å². The summed E-state index contributed by atoms with van der Waals surface area (Å²) in [5.74, 6) is -4.99. The Kier molecular flexibility index (Phi) is 9.64. The number of hydrogen-bond acceptors (Lipinski definition) is 11. The molecule has 2 aromatic heterocycles. The van der Waals surface area contributed by atoms with E-state index >= 15 is 0 Å². The number of amides is 1. The van der Waals surface area contributed by atoms with Crippen LogP contribution in [0.3, 0.4) is 0 Å². The van der Waals surface area contributed by atoms with Gasteiger partial charge in [0.1, 0.15) is 40.7 Å². The number of hydrogen-bond donors (Lipinski definition) is 4. The zero-order chi connectivity index (χ0) is 31.8. The lowest BCUT2D eigenvalue weighted by atomic mass is 9.89. The van der Waals surface area contributed by atoms with E-state index in [9.17, 15) is 38.4 Å². The minimum absolute atomic E-state index is 0.0841. The molecule has 1 aromatic carbocycles. The molecule has 4 N–H and O–H groups in total. The van der Waals surface area contributed by atoms with Gasteiger partial charge in [0, 0.05) is 51.9 Å². The van der Waals surface area contributed by atoms with Crippen LogP contribution in [-0.2, 0) is 27.9 Å². The molecular formula is C27H33F3N6O7S. The van der Waals surface area contributed by atoms with Crippen LogP contribution in [0.1, 0.15) is 24.6 Å². The molecule has 240 valence electrons. The first kappa shape index (κ1) is 32.3. The van der Waals surface area contributed by atoms with E-state index in [1.54, 1.807) is 31.2 Å². The fraction of sp³-hybridized carbons (Fsp3) is 0.556. The van der Waals surface area contributed by atoms with Crippen LogP contribution in [0.4, 0.5) is 13.2 Å². The molecule has 6 atom stereocenters. The van der Waals surface area contributed by atoms with Crippen LogP contribution < -0.4 is 0 Å². The molecule has 0 bridgehead atoms. The Bertz CT molecular complexity index is 1450. The molecule has 3 aromatic rings. The summed E-state index contributed by atoms with van der Waals surface area (Å²) in [5, 5.41) is 50.8. The molecule has 5 rings (SSSR count). The van der Waals surface area contributed by atoms with Gasteiger partial charge in [0.2, 0.25) is 5.91 Å². The summed E-state index contributed by atoms with van der Waals surface area (Å²) in [6.07, 6.45) is 0.441. The molecule has 0 unspecified atom stereocenters. The van der Waals surface area contributed by atoms with Crippen LogP contribution in [0.15, 0.2) is 30.9 Å². The van der Waals surface area contributed by atoms with Crippen molar-refractivity contribution < 1.29 is 47.9 Å². The van der Waals surface area contributed by atoms with Gasteiger partial charge in [-0.05, 0) is 12.1 Å². The Morgan fingerprint density at radius 1 is 1.18 bits per heavy atom. The van der Waals surface area contributed by atoms with Crippen LogP contribution in [0, 0.1) is 17.5 Å². The van der Waals surface area contributed by atoms with Crippen LogP contribution >= 0.6 is 11.8 Å². The van der Waals surface area contributed by atoms with Crippen molar-refractivity contribution in [3.05, 3.63) is 54.0 Å². The number of halogens is 3. The van der Waals surface area contributed by atoms with Crippen molar-refractivity contribution in [2.75, 3.05) is 26.9 Å². The van der Waals surface area contributed by atoms with E-state index in [0.29, 0.717) is 5.69 Å². The van der Waals surface area contributed by atoms with E-state index in [-0.39, 0.29) is 43.9 Å². The fourth-order valence-corrected chi connectivity index (χ4v) is 6.94. The molecule has 0 aliphatic carbocycles. The van der Waals surface area contributed by atoms with E-state index in [2.05, 4.69) is 15.3 Å². The van der Waals surface area contributed by atoms with Crippen molar-refractivity contribution in [1.29, 1.82) is 0 Å². The number of aliphatic hydroxyl groups is 4. The lowest BCUT2D eigenvalue weighted by Crippen LogP contribution is -2.58. The van der Waals surface area contributed by atoms with Gasteiger partial charge in [-0.3, -0.25) is 4.79 Å².